The fourth-order valence-corrected chi connectivity index (χ4v) is 5.13. The molecule has 2 aromatic rings. The summed E-state index contributed by atoms with van der Waals surface area (Å²) in [5.74, 6) is 0.583. The number of nitrogens with zero attached hydrogens (tertiary/aromatic N) is 3. The number of rotatable bonds is 7. The fourth-order valence-electron chi connectivity index (χ4n) is 3.46. The molecule has 1 N–H and O–H groups in total. The first-order valence-corrected chi connectivity index (χ1v) is 12.5. The number of hydrogen-bond donors (Lipinski definition) is 1. The lowest BCUT2D eigenvalue weighted by Gasteiger charge is -2.30. The van der Waals surface area contributed by atoms with Crippen molar-refractivity contribution in [2.75, 3.05) is 31.6 Å². The van der Waals surface area contributed by atoms with Crippen LogP contribution in [-0.2, 0) is 14.8 Å². The van der Waals surface area contributed by atoms with Crippen LogP contribution in [0.15, 0.2) is 35.7 Å². The molecule has 1 aliphatic rings. The van der Waals surface area contributed by atoms with Crippen LogP contribution in [0.25, 0.3) is 5.69 Å². The number of hydrogen-bond acceptors (Lipinski definition) is 5. The molecule has 158 valence electrons. The Morgan fingerprint density at radius 3 is 2.69 bits per heavy atom. The van der Waals surface area contributed by atoms with Gasteiger partial charge in [-0.25, -0.2) is 17.7 Å². The number of carbonyl (C=O) groups excluding carboxylic acids is 1. The molecule has 0 unspecified atom stereocenters. The smallest absolute Gasteiger partial charge is 0.230 e. The summed E-state index contributed by atoms with van der Waals surface area (Å²) in [6.07, 6.45) is 6.46. The minimum absolute atomic E-state index is 0.0314. The molecule has 1 amide bonds. The average Bonchev–Trinajstić information content (AvgIpc) is 3.15. The largest absolute Gasteiger partial charge is 0.355 e. The molecule has 0 spiro atoms. The number of aromatic nitrogens is 2. The van der Waals surface area contributed by atoms with Gasteiger partial charge in [-0.05, 0) is 49.8 Å². The summed E-state index contributed by atoms with van der Waals surface area (Å²) in [5.41, 5.74) is 3.48. The number of carbonyl (C=O) groups is 1. The van der Waals surface area contributed by atoms with Crippen molar-refractivity contribution in [2.24, 2.45) is 5.92 Å². The maximum Gasteiger partial charge on any atom is 0.230 e. The van der Waals surface area contributed by atoms with E-state index in [1.165, 1.54) is 33.4 Å². The van der Waals surface area contributed by atoms with Crippen LogP contribution < -0.4 is 5.32 Å². The van der Waals surface area contributed by atoms with E-state index in [1.807, 2.05) is 16.8 Å². The predicted octanol–water partition coefficient (Wildman–Crippen LogP) is 2.37. The molecule has 1 aromatic heterocycles. The van der Waals surface area contributed by atoms with Crippen LogP contribution in [0.3, 0.4) is 0 Å². The predicted molar refractivity (Wildman–Crippen MR) is 116 cm³/mol. The number of piperidine rings is 1. The molecular weight excluding hydrogens is 408 g/mol. The Balaban J connectivity index is 1.49. The summed E-state index contributed by atoms with van der Waals surface area (Å²) in [7, 11) is -3.11. The van der Waals surface area contributed by atoms with Crippen molar-refractivity contribution in [2.45, 2.75) is 31.8 Å². The zero-order valence-corrected chi connectivity index (χ0v) is 18.7. The van der Waals surface area contributed by atoms with Gasteiger partial charge in [-0.15, -0.1) is 0 Å². The molecule has 0 radical (unpaired) electrons. The second-order valence-electron chi connectivity index (χ2n) is 7.50. The molecule has 1 saturated heterocycles. The lowest BCUT2D eigenvalue weighted by molar-refractivity contribution is -0.118. The van der Waals surface area contributed by atoms with E-state index in [4.69, 9.17) is 0 Å². The number of imidazole rings is 1. The van der Waals surface area contributed by atoms with Gasteiger partial charge in [-0.1, -0.05) is 23.9 Å². The first-order valence-electron chi connectivity index (χ1n) is 9.70. The minimum Gasteiger partial charge on any atom is -0.355 e. The summed E-state index contributed by atoms with van der Waals surface area (Å²) in [6.45, 7) is 5.81. The van der Waals surface area contributed by atoms with Gasteiger partial charge in [0.05, 0.1) is 17.7 Å². The molecule has 1 aromatic carbocycles. The Morgan fingerprint density at radius 1 is 1.28 bits per heavy atom. The van der Waals surface area contributed by atoms with Crippen molar-refractivity contribution in [1.29, 1.82) is 0 Å². The highest BCUT2D eigenvalue weighted by Gasteiger charge is 2.25. The van der Waals surface area contributed by atoms with Crippen LogP contribution in [0.2, 0.25) is 0 Å². The zero-order chi connectivity index (χ0) is 21.0. The Kier molecular flexibility index (Phi) is 7.02. The molecule has 29 heavy (non-hydrogen) atoms. The van der Waals surface area contributed by atoms with Gasteiger partial charge >= 0.3 is 0 Å². The van der Waals surface area contributed by atoms with E-state index in [9.17, 15) is 13.2 Å². The van der Waals surface area contributed by atoms with E-state index in [2.05, 4.69) is 36.3 Å². The Labute approximate surface area is 176 Å². The van der Waals surface area contributed by atoms with Crippen LogP contribution in [0.4, 0.5) is 0 Å². The standard InChI is InChI=1S/C20H28N4O3S2/c1-15-5-4-6-18(16(15)2)24-12-9-21-20(24)28-14-19(25)22-13-17-7-10-23(11-8-17)29(3,26)27/h4-6,9,12,17H,7-8,10-11,13-14H2,1-3H3,(H,22,25). The highest BCUT2D eigenvalue weighted by molar-refractivity contribution is 7.99. The molecule has 1 aliphatic heterocycles. The van der Waals surface area contributed by atoms with Gasteiger partial charge in [0.15, 0.2) is 5.16 Å². The van der Waals surface area contributed by atoms with Crippen LogP contribution in [-0.4, -0.2) is 59.8 Å². The summed E-state index contributed by atoms with van der Waals surface area (Å²) in [6, 6.07) is 6.15. The second kappa shape index (κ2) is 9.32. The first-order chi connectivity index (χ1) is 13.8. The van der Waals surface area contributed by atoms with Crippen molar-refractivity contribution >= 4 is 27.7 Å². The van der Waals surface area contributed by atoms with E-state index in [0.29, 0.717) is 31.3 Å². The van der Waals surface area contributed by atoms with E-state index in [1.54, 1.807) is 6.20 Å². The SMILES string of the molecule is Cc1cccc(-n2ccnc2SCC(=O)NCC2CCN(S(C)(=O)=O)CC2)c1C. The topological polar surface area (TPSA) is 84.3 Å². The maximum atomic E-state index is 12.3. The number of sulfonamides is 1. The number of amides is 1. The molecule has 7 nitrogen and oxygen atoms in total. The van der Waals surface area contributed by atoms with Gasteiger partial charge in [-0.3, -0.25) is 9.36 Å². The van der Waals surface area contributed by atoms with Crippen LogP contribution >= 0.6 is 11.8 Å². The number of benzene rings is 1. The van der Waals surface area contributed by atoms with Gasteiger partial charge in [0.2, 0.25) is 15.9 Å². The molecule has 0 aliphatic carbocycles. The van der Waals surface area contributed by atoms with Crippen molar-refractivity contribution in [1.82, 2.24) is 19.2 Å². The molecule has 9 heteroatoms. The van der Waals surface area contributed by atoms with E-state index in [0.717, 1.165) is 23.7 Å². The van der Waals surface area contributed by atoms with Gasteiger partial charge in [0, 0.05) is 32.0 Å². The van der Waals surface area contributed by atoms with Crippen LogP contribution in [0.1, 0.15) is 24.0 Å². The minimum atomic E-state index is -3.11. The summed E-state index contributed by atoms with van der Waals surface area (Å²) in [5, 5.41) is 3.77. The van der Waals surface area contributed by atoms with Crippen LogP contribution in [0, 0.1) is 19.8 Å². The van der Waals surface area contributed by atoms with E-state index >= 15 is 0 Å². The van der Waals surface area contributed by atoms with Crippen molar-refractivity contribution < 1.29 is 13.2 Å². The number of thioether (sulfide) groups is 1. The summed E-state index contributed by atoms with van der Waals surface area (Å²) < 4.78 is 26.7. The maximum absolute atomic E-state index is 12.3. The zero-order valence-electron chi connectivity index (χ0n) is 17.1. The number of nitrogens with one attached hydrogen (secondary N) is 1. The van der Waals surface area contributed by atoms with Crippen LogP contribution in [0.5, 0.6) is 0 Å². The summed E-state index contributed by atoms with van der Waals surface area (Å²) in [4.78, 5) is 16.7. The summed E-state index contributed by atoms with van der Waals surface area (Å²) >= 11 is 1.41. The lowest BCUT2D eigenvalue weighted by Crippen LogP contribution is -2.41. The second-order valence-corrected chi connectivity index (χ2v) is 10.4. The molecule has 1 fully saturated rings. The third kappa shape index (κ3) is 5.61. The van der Waals surface area contributed by atoms with Crippen molar-refractivity contribution in [3.8, 4) is 5.69 Å². The molecule has 0 atom stereocenters. The van der Waals surface area contributed by atoms with Gasteiger partial charge in [-0.2, -0.15) is 0 Å². The van der Waals surface area contributed by atoms with Crippen molar-refractivity contribution in [3.63, 3.8) is 0 Å². The van der Waals surface area contributed by atoms with Crippen molar-refractivity contribution in [3.05, 3.63) is 41.7 Å². The Bertz CT molecular complexity index is 964. The van der Waals surface area contributed by atoms with E-state index in [-0.39, 0.29) is 5.91 Å². The Hall–Kier alpha value is -1.84. The third-order valence-electron chi connectivity index (χ3n) is 5.41. The van der Waals surface area contributed by atoms with Gasteiger partial charge in [0.25, 0.3) is 0 Å². The lowest BCUT2D eigenvalue weighted by atomic mass is 9.98. The highest BCUT2D eigenvalue weighted by atomic mass is 32.2. The molecular formula is C20H28N4O3S2. The number of aryl methyl sites for hydroxylation is 1. The fraction of sp³-hybridized carbons (Fsp3) is 0.500. The quantitative estimate of drug-likeness (QED) is 0.674. The normalized spacial score (nSPS) is 16.1. The molecule has 0 bridgehead atoms. The van der Waals surface area contributed by atoms with Gasteiger partial charge in [0.1, 0.15) is 0 Å². The molecule has 2 heterocycles. The molecule has 0 saturated carbocycles. The van der Waals surface area contributed by atoms with E-state index < -0.39 is 10.0 Å². The third-order valence-corrected chi connectivity index (χ3v) is 7.68. The first kappa shape index (κ1) is 21.9. The monoisotopic (exact) mass is 436 g/mol. The highest BCUT2D eigenvalue weighted by Crippen LogP contribution is 2.24. The van der Waals surface area contributed by atoms with Gasteiger partial charge < -0.3 is 5.32 Å². The molecule has 3 rings (SSSR count). The Morgan fingerprint density at radius 2 is 2.00 bits per heavy atom. The average molecular weight is 437 g/mol.